The molecule has 1 unspecified atom stereocenters. The Hall–Kier alpha value is -4.01. The molecular formula is C29H23ClN2O5S. The topological polar surface area (TPSA) is 95.8 Å². The van der Waals surface area contributed by atoms with Gasteiger partial charge in [-0.1, -0.05) is 29.8 Å². The summed E-state index contributed by atoms with van der Waals surface area (Å²) in [4.78, 5) is 32.9. The number of aromatic nitrogens is 1. The van der Waals surface area contributed by atoms with Crippen LogP contribution in [-0.4, -0.2) is 40.3 Å². The number of fused-ring (bicyclic) bond motifs is 2. The van der Waals surface area contributed by atoms with Crippen molar-refractivity contribution in [1.29, 1.82) is 0 Å². The molecule has 192 valence electrons. The van der Waals surface area contributed by atoms with Gasteiger partial charge in [-0.2, -0.15) is 0 Å². The van der Waals surface area contributed by atoms with Crippen molar-refractivity contribution >= 4 is 56.5 Å². The summed E-state index contributed by atoms with van der Waals surface area (Å²) in [5, 5.41) is 15.1. The first-order chi connectivity index (χ1) is 18.4. The molecule has 0 saturated heterocycles. The van der Waals surface area contributed by atoms with Gasteiger partial charge in [-0.05, 0) is 54.1 Å². The number of aliphatic hydroxyl groups excluding tert-OH is 1. The molecule has 5 aromatic rings. The SMILES string of the molecule is COc1cc(Cl)cc2cc(C(=O)C3=C(O)C(=O)N(CCc4c[nH]c5ccccc45)C3c3sccc3C)oc12. The van der Waals surface area contributed by atoms with E-state index in [1.807, 2.05) is 48.8 Å². The number of thiophene rings is 1. The van der Waals surface area contributed by atoms with E-state index in [2.05, 4.69) is 4.98 Å². The molecule has 1 atom stereocenters. The fourth-order valence-electron chi connectivity index (χ4n) is 5.11. The highest BCUT2D eigenvalue weighted by Gasteiger charge is 2.45. The van der Waals surface area contributed by atoms with Gasteiger partial charge >= 0.3 is 0 Å². The zero-order valence-electron chi connectivity index (χ0n) is 20.6. The van der Waals surface area contributed by atoms with Gasteiger partial charge in [0.15, 0.2) is 22.9 Å². The average molecular weight is 547 g/mol. The molecule has 9 heteroatoms. The summed E-state index contributed by atoms with van der Waals surface area (Å²) < 4.78 is 11.3. The first kappa shape index (κ1) is 24.3. The average Bonchev–Trinajstić information content (AvgIpc) is 3.68. The molecular weight excluding hydrogens is 524 g/mol. The van der Waals surface area contributed by atoms with Crippen molar-refractivity contribution in [3.8, 4) is 5.75 Å². The Morgan fingerprint density at radius 1 is 1.24 bits per heavy atom. The summed E-state index contributed by atoms with van der Waals surface area (Å²) in [5.41, 5.74) is 3.37. The lowest BCUT2D eigenvalue weighted by Crippen LogP contribution is -2.33. The number of Topliss-reactive ketones (excluding diaryl/α,β-unsaturated/α-hetero) is 1. The number of methoxy groups -OCH3 is 1. The van der Waals surface area contributed by atoms with Crippen LogP contribution in [0.5, 0.6) is 5.75 Å². The minimum Gasteiger partial charge on any atom is -0.503 e. The van der Waals surface area contributed by atoms with Crippen LogP contribution in [0.25, 0.3) is 21.9 Å². The summed E-state index contributed by atoms with van der Waals surface area (Å²) in [7, 11) is 1.49. The van der Waals surface area contributed by atoms with Crippen LogP contribution in [0.3, 0.4) is 0 Å². The van der Waals surface area contributed by atoms with Gasteiger partial charge in [0, 0.05) is 45.0 Å². The molecule has 3 aromatic heterocycles. The molecule has 38 heavy (non-hydrogen) atoms. The van der Waals surface area contributed by atoms with Crippen LogP contribution in [0, 0.1) is 6.92 Å². The standard InChI is InChI=1S/C29H23ClN2O5S/c1-15-8-10-38-28(15)24-23(25(33)21-12-17-11-18(30)13-22(36-2)27(17)37-21)26(34)29(35)32(24)9-7-16-14-31-20-6-4-3-5-19(16)20/h3-6,8,10-14,24,31,34H,7,9H2,1-2H3. The number of furan rings is 1. The van der Waals surface area contributed by atoms with Gasteiger partial charge in [-0.25, -0.2) is 0 Å². The number of rotatable bonds is 7. The summed E-state index contributed by atoms with van der Waals surface area (Å²) in [6.45, 7) is 2.24. The van der Waals surface area contributed by atoms with E-state index in [0.29, 0.717) is 34.7 Å². The zero-order valence-corrected chi connectivity index (χ0v) is 22.2. The zero-order chi connectivity index (χ0) is 26.6. The van der Waals surface area contributed by atoms with Crippen molar-refractivity contribution in [1.82, 2.24) is 9.88 Å². The maximum atomic E-state index is 13.9. The monoisotopic (exact) mass is 546 g/mol. The number of hydrogen-bond donors (Lipinski definition) is 2. The lowest BCUT2D eigenvalue weighted by molar-refractivity contribution is -0.129. The number of nitrogens with one attached hydrogen (secondary N) is 1. The molecule has 4 heterocycles. The van der Waals surface area contributed by atoms with Gasteiger partial charge in [-0.3, -0.25) is 9.59 Å². The highest BCUT2D eigenvalue weighted by molar-refractivity contribution is 7.10. The third-order valence-electron chi connectivity index (χ3n) is 6.99. The highest BCUT2D eigenvalue weighted by Crippen LogP contribution is 2.43. The fraction of sp³-hybridized carbons (Fsp3) is 0.172. The molecule has 1 aliphatic rings. The second-order valence-electron chi connectivity index (χ2n) is 9.21. The molecule has 0 saturated carbocycles. The number of carbonyl (C=O) groups excluding carboxylic acids is 2. The normalized spacial score (nSPS) is 15.8. The maximum absolute atomic E-state index is 13.9. The van der Waals surface area contributed by atoms with Gasteiger partial charge in [0.25, 0.3) is 5.91 Å². The third-order valence-corrected chi connectivity index (χ3v) is 8.28. The fourth-order valence-corrected chi connectivity index (χ4v) is 6.38. The van der Waals surface area contributed by atoms with Gasteiger partial charge in [0.1, 0.15) is 6.04 Å². The number of aromatic amines is 1. The summed E-state index contributed by atoms with van der Waals surface area (Å²) in [6.07, 6.45) is 2.48. The predicted molar refractivity (Wildman–Crippen MR) is 147 cm³/mol. The van der Waals surface area contributed by atoms with Crippen LogP contribution >= 0.6 is 22.9 Å². The Kier molecular flexibility index (Phi) is 6.01. The first-order valence-corrected chi connectivity index (χ1v) is 13.3. The Morgan fingerprint density at radius 3 is 2.82 bits per heavy atom. The number of H-pyrrole nitrogens is 1. The van der Waals surface area contributed by atoms with Crippen LogP contribution in [0.4, 0.5) is 0 Å². The lowest BCUT2D eigenvalue weighted by Gasteiger charge is -2.26. The van der Waals surface area contributed by atoms with E-state index in [-0.39, 0.29) is 11.3 Å². The summed E-state index contributed by atoms with van der Waals surface area (Å²) >= 11 is 7.64. The minimum absolute atomic E-state index is 0.00333. The van der Waals surface area contributed by atoms with Gasteiger partial charge < -0.3 is 24.1 Å². The van der Waals surface area contributed by atoms with E-state index >= 15 is 0 Å². The van der Waals surface area contributed by atoms with E-state index in [4.69, 9.17) is 20.8 Å². The molecule has 6 rings (SSSR count). The van der Waals surface area contributed by atoms with Crippen LogP contribution < -0.4 is 4.74 Å². The molecule has 0 fully saturated rings. The number of para-hydroxylation sites is 1. The van der Waals surface area contributed by atoms with Crippen molar-refractivity contribution in [3.63, 3.8) is 0 Å². The summed E-state index contributed by atoms with van der Waals surface area (Å²) in [6, 6.07) is 14.0. The van der Waals surface area contributed by atoms with Crippen LogP contribution in [-0.2, 0) is 11.2 Å². The number of hydrogen-bond acceptors (Lipinski definition) is 6. The van der Waals surface area contributed by atoms with Crippen molar-refractivity contribution in [2.45, 2.75) is 19.4 Å². The number of aliphatic hydroxyl groups is 1. The molecule has 1 aliphatic heterocycles. The molecule has 0 bridgehead atoms. The van der Waals surface area contributed by atoms with Gasteiger partial charge in [-0.15, -0.1) is 11.3 Å². The largest absolute Gasteiger partial charge is 0.503 e. The van der Waals surface area contributed by atoms with Crippen molar-refractivity contribution < 1.29 is 23.8 Å². The number of benzene rings is 2. The van der Waals surface area contributed by atoms with Crippen molar-refractivity contribution in [3.05, 3.63) is 98.2 Å². The summed E-state index contributed by atoms with van der Waals surface area (Å²) in [5.74, 6) is -1.32. The van der Waals surface area contributed by atoms with E-state index in [0.717, 1.165) is 26.9 Å². The number of ether oxygens (including phenoxy) is 1. The van der Waals surface area contributed by atoms with E-state index in [1.165, 1.54) is 18.4 Å². The molecule has 7 nitrogen and oxygen atoms in total. The Balaban J connectivity index is 1.39. The number of aryl methyl sites for hydroxylation is 1. The maximum Gasteiger partial charge on any atom is 0.290 e. The molecule has 2 N–H and O–H groups in total. The van der Waals surface area contributed by atoms with Gasteiger partial charge in [0.05, 0.1) is 12.7 Å². The lowest BCUT2D eigenvalue weighted by atomic mass is 9.98. The highest BCUT2D eigenvalue weighted by atomic mass is 35.5. The van der Waals surface area contributed by atoms with E-state index in [9.17, 15) is 14.7 Å². The molecule has 0 aliphatic carbocycles. The Labute approximate surface area is 226 Å². The first-order valence-electron chi connectivity index (χ1n) is 12.0. The van der Waals surface area contributed by atoms with Crippen molar-refractivity contribution in [2.24, 2.45) is 0 Å². The van der Waals surface area contributed by atoms with Crippen molar-refractivity contribution in [2.75, 3.05) is 13.7 Å². The third kappa shape index (κ3) is 3.88. The predicted octanol–water partition coefficient (Wildman–Crippen LogP) is 6.77. The molecule has 0 radical (unpaired) electrons. The Bertz CT molecular complexity index is 1760. The van der Waals surface area contributed by atoms with Crippen LogP contribution in [0.2, 0.25) is 5.02 Å². The quantitative estimate of drug-likeness (QED) is 0.220. The Morgan fingerprint density at radius 2 is 2.05 bits per heavy atom. The molecule has 0 spiro atoms. The molecule has 1 amide bonds. The van der Waals surface area contributed by atoms with Crippen LogP contribution in [0.1, 0.15) is 32.6 Å². The number of ketones is 1. The van der Waals surface area contributed by atoms with E-state index in [1.54, 1.807) is 23.1 Å². The second-order valence-corrected chi connectivity index (χ2v) is 10.6. The number of nitrogens with zero attached hydrogens (tertiary/aromatic N) is 1. The minimum atomic E-state index is -0.737. The van der Waals surface area contributed by atoms with E-state index < -0.39 is 23.5 Å². The smallest absolute Gasteiger partial charge is 0.290 e. The number of amides is 1. The number of carbonyl (C=O) groups is 2. The van der Waals surface area contributed by atoms with Gasteiger partial charge in [0.2, 0.25) is 5.78 Å². The number of halogens is 1. The second kappa shape index (κ2) is 9.38. The van der Waals surface area contributed by atoms with Crippen LogP contribution in [0.15, 0.2) is 75.9 Å². The molecule has 2 aromatic carbocycles.